The lowest BCUT2D eigenvalue weighted by Crippen LogP contribution is -2.22. The van der Waals surface area contributed by atoms with E-state index >= 15 is 0 Å². The van der Waals surface area contributed by atoms with Gasteiger partial charge >= 0.3 is 5.97 Å². The third-order valence-corrected chi connectivity index (χ3v) is 3.48. The molecule has 7 heteroatoms. The quantitative estimate of drug-likeness (QED) is 0.920. The molecule has 1 aliphatic heterocycles. The first kappa shape index (κ1) is 11.5. The second-order valence-corrected chi connectivity index (χ2v) is 4.95. The molecule has 1 aliphatic rings. The van der Waals surface area contributed by atoms with Gasteiger partial charge in [-0.05, 0) is 40.9 Å². The Morgan fingerprint density at radius 3 is 3.00 bits per heavy atom. The zero-order valence-electron chi connectivity index (χ0n) is 9.34. The maximum Gasteiger partial charge on any atom is 0.314 e. The normalized spacial score (nSPS) is 18.6. The van der Waals surface area contributed by atoms with Crippen molar-refractivity contribution in [3.8, 4) is 11.6 Å². The highest BCUT2D eigenvalue weighted by Gasteiger charge is 2.31. The Kier molecular flexibility index (Phi) is 2.70. The molecule has 0 aliphatic carbocycles. The van der Waals surface area contributed by atoms with Crippen LogP contribution in [0.25, 0.3) is 11.6 Å². The monoisotopic (exact) mass is 311 g/mol. The summed E-state index contributed by atoms with van der Waals surface area (Å²) in [7, 11) is 0. The lowest BCUT2D eigenvalue weighted by molar-refractivity contribution is -0.139. The first-order chi connectivity index (χ1) is 8.66. The molecule has 0 aromatic carbocycles. The first-order valence-electron chi connectivity index (χ1n) is 5.58. The van der Waals surface area contributed by atoms with Gasteiger partial charge in [0.05, 0.1) is 0 Å². The average molecular weight is 312 g/mol. The van der Waals surface area contributed by atoms with Crippen molar-refractivity contribution < 1.29 is 14.3 Å². The van der Waals surface area contributed by atoms with Gasteiger partial charge in [0.25, 0.3) is 0 Å². The first-order valence-corrected chi connectivity index (χ1v) is 6.37. The Morgan fingerprint density at radius 2 is 2.33 bits per heavy atom. The smallest absolute Gasteiger partial charge is 0.314 e. The van der Waals surface area contributed by atoms with Crippen LogP contribution < -0.4 is 0 Å². The maximum absolute atomic E-state index is 11.2. The minimum atomic E-state index is -0.851. The Balaban J connectivity index is 2.07. The third-order valence-electron chi connectivity index (χ3n) is 3.06. The summed E-state index contributed by atoms with van der Waals surface area (Å²) in [5, 5.41) is 17.2. The van der Waals surface area contributed by atoms with Gasteiger partial charge < -0.3 is 14.1 Å². The summed E-state index contributed by atoms with van der Waals surface area (Å²) in [5.74, 6) is 0.263. The van der Waals surface area contributed by atoms with E-state index in [2.05, 4.69) is 26.1 Å². The summed E-state index contributed by atoms with van der Waals surface area (Å²) in [6.07, 6.45) is 1.41. The predicted octanol–water partition coefficient (Wildman–Crippen LogP) is 2.26. The molecule has 0 fully saturated rings. The van der Waals surface area contributed by atoms with Crippen molar-refractivity contribution in [3.05, 3.63) is 22.6 Å². The number of carboxylic acids is 1. The third kappa shape index (κ3) is 1.74. The molecule has 1 unspecified atom stereocenters. The maximum atomic E-state index is 11.2. The summed E-state index contributed by atoms with van der Waals surface area (Å²) in [4.78, 5) is 11.2. The highest BCUT2D eigenvalue weighted by atomic mass is 79.9. The van der Waals surface area contributed by atoms with Crippen LogP contribution in [-0.2, 0) is 11.3 Å². The molecule has 94 valence electrons. The molecule has 2 aromatic rings. The highest BCUT2D eigenvalue weighted by molar-refractivity contribution is 9.10. The van der Waals surface area contributed by atoms with Crippen LogP contribution in [0.2, 0.25) is 0 Å². The van der Waals surface area contributed by atoms with Crippen molar-refractivity contribution in [1.29, 1.82) is 0 Å². The number of carbonyl (C=O) groups is 1. The van der Waals surface area contributed by atoms with Gasteiger partial charge in [-0.3, -0.25) is 4.79 Å². The van der Waals surface area contributed by atoms with Gasteiger partial charge in [-0.15, -0.1) is 10.2 Å². The molecule has 18 heavy (non-hydrogen) atoms. The van der Waals surface area contributed by atoms with Gasteiger partial charge in [0.1, 0.15) is 11.7 Å². The zero-order valence-corrected chi connectivity index (χ0v) is 10.9. The van der Waals surface area contributed by atoms with Crippen molar-refractivity contribution in [3.63, 3.8) is 0 Å². The van der Waals surface area contributed by atoms with Gasteiger partial charge in [0.15, 0.2) is 16.3 Å². The van der Waals surface area contributed by atoms with E-state index in [0.29, 0.717) is 28.5 Å². The van der Waals surface area contributed by atoms with E-state index in [1.165, 1.54) is 0 Å². The second-order valence-electron chi connectivity index (χ2n) is 4.17. The predicted molar refractivity (Wildman–Crippen MR) is 65.0 cm³/mol. The molecule has 0 amide bonds. The lowest BCUT2D eigenvalue weighted by atomic mass is 9.99. The molecule has 1 N–H and O–H groups in total. The van der Waals surface area contributed by atoms with Gasteiger partial charge in [-0.1, -0.05) is 0 Å². The molecule has 0 saturated carbocycles. The minimum absolute atomic E-state index is 0.510. The van der Waals surface area contributed by atoms with Crippen molar-refractivity contribution >= 4 is 21.9 Å². The Morgan fingerprint density at radius 1 is 1.50 bits per heavy atom. The summed E-state index contributed by atoms with van der Waals surface area (Å²) < 4.78 is 7.87. The Labute approximate surface area is 111 Å². The van der Waals surface area contributed by atoms with Crippen molar-refractivity contribution in [2.45, 2.75) is 25.3 Å². The second kappa shape index (κ2) is 4.24. The molecule has 0 radical (unpaired) electrons. The Bertz CT molecular complexity index is 604. The van der Waals surface area contributed by atoms with Crippen LogP contribution in [0.15, 0.2) is 21.2 Å². The van der Waals surface area contributed by atoms with Gasteiger partial charge in [-0.25, -0.2) is 0 Å². The number of rotatable bonds is 2. The van der Waals surface area contributed by atoms with Gasteiger partial charge in [0, 0.05) is 6.54 Å². The molecule has 0 saturated heterocycles. The summed E-state index contributed by atoms with van der Waals surface area (Å²) >= 11 is 3.23. The topological polar surface area (TPSA) is 81.1 Å². The molecular weight excluding hydrogens is 302 g/mol. The largest absolute Gasteiger partial charge is 0.481 e. The number of carboxylic acid groups (broad SMARTS) is 1. The fourth-order valence-corrected chi connectivity index (χ4v) is 2.53. The average Bonchev–Trinajstić information content (AvgIpc) is 2.93. The van der Waals surface area contributed by atoms with Crippen LogP contribution in [-0.4, -0.2) is 25.8 Å². The fraction of sp³-hybridized carbons (Fsp3) is 0.364. The molecule has 1 atom stereocenters. The minimum Gasteiger partial charge on any atom is -0.481 e. The van der Waals surface area contributed by atoms with Crippen molar-refractivity contribution in [1.82, 2.24) is 14.8 Å². The molecule has 6 nitrogen and oxygen atoms in total. The highest BCUT2D eigenvalue weighted by Crippen LogP contribution is 2.31. The fourth-order valence-electron chi connectivity index (χ4n) is 2.23. The summed E-state index contributed by atoms with van der Waals surface area (Å²) in [6.45, 7) is 0.722. The molecular formula is C11H10BrN3O3. The Hall–Kier alpha value is -1.63. The number of hydrogen-bond donors (Lipinski definition) is 1. The van der Waals surface area contributed by atoms with Gasteiger partial charge in [0.2, 0.25) is 0 Å². The molecule has 3 rings (SSSR count). The molecule has 3 heterocycles. The van der Waals surface area contributed by atoms with Crippen LogP contribution in [0.4, 0.5) is 0 Å². The van der Waals surface area contributed by atoms with Crippen LogP contribution >= 0.6 is 15.9 Å². The lowest BCUT2D eigenvalue weighted by Gasteiger charge is -2.19. The van der Waals surface area contributed by atoms with E-state index in [1.54, 1.807) is 12.1 Å². The molecule has 0 spiro atoms. The van der Waals surface area contributed by atoms with Crippen LogP contribution in [0.5, 0.6) is 0 Å². The van der Waals surface area contributed by atoms with Crippen LogP contribution in [0.1, 0.15) is 24.6 Å². The van der Waals surface area contributed by atoms with Crippen molar-refractivity contribution in [2.24, 2.45) is 0 Å². The molecule has 0 bridgehead atoms. The van der Waals surface area contributed by atoms with E-state index in [1.807, 2.05) is 4.57 Å². The van der Waals surface area contributed by atoms with E-state index < -0.39 is 11.9 Å². The number of furan rings is 1. The number of aliphatic carboxylic acids is 1. The number of hydrogen-bond acceptors (Lipinski definition) is 4. The molecule has 2 aromatic heterocycles. The van der Waals surface area contributed by atoms with E-state index in [0.717, 1.165) is 13.0 Å². The summed E-state index contributed by atoms with van der Waals surface area (Å²) in [5.41, 5.74) is 0. The van der Waals surface area contributed by atoms with E-state index in [-0.39, 0.29) is 0 Å². The summed E-state index contributed by atoms with van der Waals surface area (Å²) in [6, 6.07) is 3.56. The van der Waals surface area contributed by atoms with E-state index in [9.17, 15) is 4.79 Å². The zero-order chi connectivity index (χ0) is 12.7. The van der Waals surface area contributed by atoms with Crippen LogP contribution in [0.3, 0.4) is 0 Å². The number of fused-ring (bicyclic) bond motifs is 1. The standard InChI is InChI=1S/C11H10BrN3O3/c12-8-4-3-7(18-8)10-14-13-9-6(11(16)17)2-1-5-15(9)10/h3-4,6H,1-2,5H2,(H,16,17). The van der Waals surface area contributed by atoms with E-state index in [4.69, 9.17) is 9.52 Å². The number of halogens is 1. The number of nitrogens with zero attached hydrogens (tertiary/aromatic N) is 3. The van der Waals surface area contributed by atoms with Crippen LogP contribution in [0, 0.1) is 0 Å². The van der Waals surface area contributed by atoms with Gasteiger partial charge in [-0.2, -0.15) is 0 Å². The SMILES string of the molecule is O=C(O)C1CCCn2c(-c3ccc(Br)o3)nnc21. The number of aromatic nitrogens is 3. The van der Waals surface area contributed by atoms with Crippen molar-refractivity contribution in [2.75, 3.05) is 0 Å².